The molecule has 0 saturated carbocycles. The predicted molar refractivity (Wildman–Crippen MR) is 68.6 cm³/mol. The van der Waals surface area contributed by atoms with Gasteiger partial charge >= 0.3 is 0 Å². The van der Waals surface area contributed by atoms with Crippen LogP contribution in [0.3, 0.4) is 0 Å². The van der Waals surface area contributed by atoms with E-state index in [0.29, 0.717) is 6.42 Å². The van der Waals surface area contributed by atoms with Gasteiger partial charge in [-0.25, -0.2) is 8.78 Å². The Kier molecular flexibility index (Phi) is 5.23. The van der Waals surface area contributed by atoms with E-state index >= 15 is 0 Å². The summed E-state index contributed by atoms with van der Waals surface area (Å²) in [5.41, 5.74) is 0.534. The number of likely N-dealkylation sites (N-methyl/N-ethyl adjacent to an activating group) is 1. The fourth-order valence-corrected chi connectivity index (χ4v) is 1.90. The molecule has 0 fully saturated rings. The number of hydrogen-bond acceptors (Lipinski definition) is 2. The summed E-state index contributed by atoms with van der Waals surface area (Å²) in [5.74, 6) is -1.61. The first-order valence-electron chi connectivity index (χ1n) is 6.04. The molecule has 18 heavy (non-hydrogen) atoms. The summed E-state index contributed by atoms with van der Waals surface area (Å²) >= 11 is 0. The molecule has 102 valence electrons. The van der Waals surface area contributed by atoms with E-state index in [1.165, 1.54) is 12.1 Å². The molecule has 0 aromatic heterocycles. The van der Waals surface area contributed by atoms with Crippen molar-refractivity contribution in [1.82, 2.24) is 5.32 Å². The Bertz CT molecular complexity index is 393. The van der Waals surface area contributed by atoms with Crippen molar-refractivity contribution in [3.63, 3.8) is 0 Å². The van der Waals surface area contributed by atoms with Gasteiger partial charge in [-0.1, -0.05) is 6.07 Å². The van der Waals surface area contributed by atoms with Crippen LogP contribution in [0, 0.1) is 11.6 Å². The van der Waals surface area contributed by atoms with E-state index in [9.17, 15) is 8.78 Å². The summed E-state index contributed by atoms with van der Waals surface area (Å²) in [6.07, 6.45) is 1.43. The molecule has 0 saturated heterocycles. The first-order valence-corrected chi connectivity index (χ1v) is 6.04. The molecule has 0 aliphatic heterocycles. The lowest BCUT2D eigenvalue weighted by Crippen LogP contribution is -2.37. The molecule has 1 N–H and O–H groups in total. The highest BCUT2D eigenvalue weighted by Crippen LogP contribution is 2.19. The summed E-state index contributed by atoms with van der Waals surface area (Å²) in [6.45, 7) is 4.01. The van der Waals surface area contributed by atoms with Crippen molar-refractivity contribution in [1.29, 1.82) is 0 Å². The zero-order valence-corrected chi connectivity index (χ0v) is 11.4. The van der Waals surface area contributed by atoms with Crippen molar-refractivity contribution >= 4 is 0 Å². The van der Waals surface area contributed by atoms with Gasteiger partial charge in [-0.15, -0.1) is 0 Å². The monoisotopic (exact) mass is 257 g/mol. The average Bonchev–Trinajstić information content (AvgIpc) is 2.33. The highest BCUT2D eigenvalue weighted by atomic mass is 19.2. The Hall–Kier alpha value is -1.00. The number of rotatable bonds is 6. The standard InChI is InChI=1S/C14H21F2NO/c1-14(2,18-4)9-11(17-3)7-10-5-6-12(15)13(16)8-10/h5-6,8,11,17H,7,9H2,1-4H3. The molecule has 1 rings (SSSR count). The molecule has 0 amide bonds. The molecule has 0 aliphatic rings. The molecular weight excluding hydrogens is 236 g/mol. The highest BCUT2D eigenvalue weighted by Gasteiger charge is 2.22. The van der Waals surface area contributed by atoms with Gasteiger partial charge in [0.2, 0.25) is 0 Å². The van der Waals surface area contributed by atoms with Gasteiger partial charge in [0, 0.05) is 13.2 Å². The normalized spacial score (nSPS) is 13.7. The van der Waals surface area contributed by atoms with Gasteiger partial charge < -0.3 is 10.1 Å². The van der Waals surface area contributed by atoms with Gasteiger partial charge in [-0.2, -0.15) is 0 Å². The van der Waals surface area contributed by atoms with E-state index in [1.807, 2.05) is 20.9 Å². The molecule has 0 heterocycles. The molecule has 1 aromatic carbocycles. The summed E-state index contributed by atoms with van der Waals surface area (Å²) in [7, 11) is 3.53. The third-order valence-electron chi connectivity index (χ3n) is 3.16. The molecule has 1 unspecified atom stereocenters. The lowest BCUT2D eigenvalue weighted by Gasteiger charge is -2.28. The fourth-order valence-electron chi connectivity index (χ4n) is 1.90. The maximum Gasteiger partial charge on any atom is 0.159 e. The second-order valence-corrected chi connectivity index (χ2v) is 5.11. The number of hydrogen-bond donors (Lipinski definition) is 1. The van der Waals surface area contributed by atoms with Crippen LogP contribution in [0.1, 0.15) is 25.8 Å². The van der Waals surface area contributed by atoms with Crippen LogP contribution in [0.25, 0.3) is 0 Å². The number of methoxy groups -OCH3 is 1. The minimum atomic E-state index is -0.808. The largest absolute Gasteiger partial charge is 0.379 e. The fraction of sp³-hybridized carbons (Fsp3) is 0.571. The second kappa shape index (κ2) is 6.25. The van der Waals surface area contributed by atoms with Crippen LogP contribution >= 0.6 is 0 Å². The first-order chi connectivity index (χ1) is 8.38. The average molecular weight is 257 g/mol. The summed E-state index contributed by atoms with van der Waals surface area (Å²) in [6, 6.07) is 4.19. The Labute approximate surface area is 107 Å². The minimum absolute atomic E-state index is 0.157. The maximum absolute atomic E-state index is 13.1. The highest BCUT2D eigenvalue weighted by molar-refractivity contribution is 5.19. The van der Waals surface area contributed by atoms with Crippen molar-refractivity contribution in [2.24, 2.45) is 0 Å². The molecule has 0 radical (unpaired) electrons. The van der Waals surface area contributed by atoms with Crippen molar-refractivity contribution in [2.45, 2.75) is 38.3 Å². The zero-order chi connectivity index (χ0) is 13.8. The Morgan fingerprint density at radius 2 is 1.94 bits per heavy atom. The van der Waals surface area contributed by atoms with Crippen LogP contribution in [0.4, 0.5) is 8.78 Å². The second-order valence-electron chi connectivity index (χ2n) is 5.11. The maximum atomic E-state index is 13.1. The van der Waals surface area contributed by atoms with Crippen molar-refractivity contribution in [3.8, 4) is 0 Å². The summed E-state index contributed by atoms with van der Waals surface area (Å²) < 4.78 is 31.3. The van der Waals surface area contributed by atoms with E-state index in [4.69, 9.17) is 4.74 Å². The lowest BCUT2D eigenvalue weighted by atomic mass is 9.94. The van der Waals surface area contributed by atoms with Crippen molar-refractivity contribution in [2.75, 3.05) is 14.2 Å². The summed E-state index contributed by atoms with van der Waals surface area (Å²) in [4.78, 5) is 0. The number of ether oxygens (including phenoxy) is 1. The van der Waals surface area contributed by atoms with Crippen LogP contribution in [-0.4, -0.2) is 25.8 Å². The topological polar surface area (TPSA) is 21.3 Å². The van der Waals surface area contributed by atoms with Gasteiger partial charge in [0.15, 0.2) is 11.6 Å². The van der Waals surface area contributed by atoms with Gasteiger partial charge in [-0.3, -0.25) is 0 Å². The quantitative estimate of drug-likeness (QED) is 0.846. The Morgan fingerprint density at radius 1 is 1.28 bits per heavy atom. The first kappa shape index (κ1) is 15.1. The molecule has 2 nitrogen and oxygen atoms in total. The molecule has 1 atom stereocenters. The van der Waals surface area contributed by atoms with Gasteiger partial charge in [0.25, 0.3) is 0 Å². The Balaban J connectivity index is 2.71. The van der Waals surface area contributed by atoms with E-state index in [2.05, 4.69) is 5.32 Å². The SMILES string of the molecule is CNC(Cc1ccc(F)c(F)c1)CC(C)(C)OC. The third-order valence-corrected chi connectivity index (χ3v) is 3.16. The number of benzene rings is 1. The van der Waals surface area contributed by atoms with Crippen LogP contribution in [0.5, 0.6) is 0 Å². The zero-order valence-electron chi connectivity index (χ0n) is 11.4. The minimum Gasteiger partial charge on any atom is -0.379 e. The summed E-state index contributed by atoms with van der Waals surface area (Å²) in [5, 5.41) is 3.18. The van der Waals surface area contributed by atoms with Gasteiger partial charge in [-0.05, 0) is 51.4 Å². The van der Waals surface area contributed by atoms with Gasteiger partial charge in [0.1, 0.15) is 0 Å². The number of halogens is 2. The van der Waals surface area contributed by atoms with Crippen molar-refractivity contribution in [3.05, 3.63) is 35.4 Å². The van der Waals surface area contributed by atoms with Crippen LogP contribution in [0.2, 0.25) is 0 Å². The predicted octanol–water partition coefficient (Wildman–Crippen LogP) is 2.91. The lowest BCUT2D eigenvalue weighted by molar-refractivity contribution is 0.00772. The molecule has 0 bridgehead atoms. The Morgan fingerprint density at radius 3 is 2.44 bits per heavy atom. The van der Waals surface area contributed by atoms with E-state index < -0.39 is 11.6 Å². The molecule has 4 heteroatoms. The molecule has 1 aromatic rings. The van der Waals surface area contributed by atoms with Crippen LogP contribution in [-0.2, 0) is 11.2 Å². The van der Waals surface area contributed by atoms with Crippen LogP contribution < -0.4 is 5.32 Å². The van der Waals surface area contributed by atoms with E-state index in [1.54, 1.807) is 13.2 Å². The van der Waals surface area contributed by atoms with E-state index in [0.717, 1.165) is 12.0 Å². The van der Waals surface area contributed by atoms with Crippen molar-refractivity contribution < 1.29 is 13.5 Å². The third kappa shape index (κ3) is 4.35. The number of nitrogens with one attached hydrogen (secondary N) is 1. The smallest absolute Gasteiger partial charge is 0.159 e. The molecular formula is C14H21F2NO. The van der Waals surface area contributed by atoms with Gasteiger partial charge in [0.05, 0.1) is 5.60 Å². The van der Waals surface area contributed by atoms with Crippen LogP contribution in [0.15, 0.2) is 18.2 Å². The van der Waals surface area contributed by atoms with E-state index in [-0.39, 0.29) is 11.6 Å². The molecule has 0 spiro atoms. The molecule has 0 aliphatic carbocycles.